The number of ketones is 2. The highest BCUT2D eigenvalue weighted by Gasteiger charge is 2.69. The Bertz CT molecular complexity index is 892. The molecule has 0 aromatic carbocycles. The Morgan fingerprint density at radius 2 is 1.86 bits per heavy atom. The van der Waals surface area contributed by atoms with Gasteiger partial charge in [0.25, 0.3) is 0 Å². The molecule has 6 atom stereocenters. The molecule has 0 heterocycles. The molecule has 0 aromatic heterocycles. The second-order valence-corrected chi connectivity index (χ2v) is 10.2. The van der Waals surface area contributed by atoms with E-state index in [9.17, 15) is 14.4 Å². The standard InChI is InChI=1S/C25H32O4/c1-14-11-19-20(23(5)9-7-18(28)13-21(14)23)8-10-24(6)22(19)12-15(2)25(24,16(3)26)29-17(4)27/h11,13,19-20,22H,2,7-10,12H2,1,3-6H3/t19-,20+,22-,23+,24-,25-/m0/s1. The molecule has 0 saturated heterocycles. The van der Waals surface area contributed by atoms with Crippen molar-refractivity contribution < 1.29 is 19.1 Å². The van der Waals surface area contributed by atoms with Crippen LogP contribution in [0.1, 0.15) is 66.7 Å². The normalized spacial score (nSPS) is 43.6. The summed E-state index contributed by atoms with van der Waals surface area (Å²) in [5, 5.41) is 0. The van der Waals surface area contributed by atoms with Gasteiger partial charge >= 0.3 is 5.97 Å². The van der Waals surface area contributed by atoms with Crippen molar-refractivity contribution in [1.82, 2.24) is 0 Å². The van der Waals surface area contributed by atoms with Crippen molar-refractivity contribution in [2.45, 2.75) is 72.3 Å². The summed E-state index contributed by atoms with van der Waals surface area (Å²) < 4.78 is 5.83. The van der Waals surface area contributed by atoms with Crippen LogP contribution in [0.5, 0.6) is 0 Å². The van der Waals surface area contributed by atoms with Crippen LogP contribution in [0.2, 0.25) is 0 Å². The highest BCUT2D eigenvalue weighted by Crippen LogP contribution is 2.68. The summed E-state index contributed by atoms with van der Waals surface area (Å²) in [4.78, 5) is 37.0. The van der Waals surface area contributed by atoms with Gasteiger partial charge in [0.1, 0.15) is 0 Å². The van der Waals surface area contributed by atoms with Crippen molar-refractivity contribution in [3.63, 3.8) is 0 Å². The molecule has 0 aliphatic heterocycles. The van der Waals surface area contributed by atoms with E-state index in [2.05, 4.69) is 33.4 Å². The maximum Gasteiger partial charge on any atom is 0.303 e. The van der Waals surface area contributed by atoms with Crippen molar-refractivity contribution in [3.8, 4) is 0 Å². The van der Waals surface area contributed by atoms with E-state index in [4.69, 9.17) is 4.74 Å². The largest absolute Gasteiger partial charge is 0.446 e. The Balaban J connectivity index is 1.84. The molecular weight excluding hydrogens is 364 g/mol. The Kier molecular flexibility index (Phi) is 4.39. The van der Waals surface area contributed by atoms with E-state index < -0.39 is 17.0 Å². The number of ether oxygens (including phenoxy) is 1. The molecule has 2 saturated carbocycles. The molecule has 0 bridgehead atoms. The molecule has 4 heteroatoms. The third-order valence-corrected chi connectivity index (χ3v) is 8.78. The quantitative estimate of drug-likeness (QED) is 0.500. The van der Waals surface area contributed by atoms with Crippen molar-refractivity contribution in [2.75, 3.05) is 0 Å². The zero-order valence-corrected chi connectivity index (χ0v) is 18.3. The minimum Gasteiger partial charge on any atom is -0.446 e. The van der Waals surface area contributed by atoms with Crippen LogP contribution in [0.15, 0.2) is 35.5 Å². The van der Waals surface area contributed by atoms with E-state index in [1.807, 2.05) is 6.08 Å². The fraction of sp³-hybridized carbons (Fsp3) is 0.640. The zero-order valence-electron chi connectivity index (χ0n) is 18.3. The van der Waals surface area contributed by atoms with Crippen LogP contribution < -0.4 is 0 Å². The number of allylic oxidation sites excluding steroid dienone is 4. The van der Waals surface area contributed by atoms with Gasteiger partial charge in [-0.1, -0.05) is 32.1 Å². The van der Waals surface area contributed by atoms with Crippen LogP contribution in [0, 0.1) is 28.6 Å². The summed E-state index contributed by atoms with van der Waals surface area (Å²) in [6, 6.07) is 0. The predicted molar refractivity (Wildman–Crippen MR) is 111 cm³/mol. The Hall–Kier alpha value is -1.97. The first-order valence-electron chi connectivity index (χ1n) is 10.8. The van der Waals surface area contributed by atoms with Gasteiger partial charge in [0.05, 0.1) is 0 Å². The van der Waals surface area contributed by atoms with E-state index in [1.165, 1.54) is 25.0 Å². The Morgan fingerprint density at radius 3 is 2.48 bits per heavy atom. The highest BCUT2D eigenvalue weighted by atomic mass is 16.6. The molecule has 2 fully saturated rings. The van der Waals surface area contributed by atoms with Crippen LogP contribution >= 0.6 is 0 Å². The summed E-state index contributed by atoms with van der Waals surface area (Å²) >= 11 is 0. The van der Waals surface area contributed by atoms with Gasteiger partial charge in [-0.05, 0) is 79.9 Å². The second kappa shape index (κ2) is 6.26. The van der Waals surface area contributed by atoms with E-state index in [-0.39, 0.29) is 28.8 Å². The van der Waals surface area contributed by atoms with E-state index in [1.54, 1.807) is 0 Å². The number of rotatable bonds is 2. The van der Waals surface area contributed by atoms with Gasteiger partial charge < -0.3 is 4.74 Å². The number of fused-ring (bicyclic) bond motifs is 5. The molecule has 0 spiro atoms. The molecule has 0 unspecified atom stereocenters. The molecule has 156 valence electrons. The summed E-state index contributed by atoms with van der Waals surface area (Å²) in [6.07, 6.45) is 8.15. The van der Waals surface area contributed by atoms with Crippen molar-refractivity contribution >= 4 is 17.5 Å². The third kappa shape index (κ3) is 2.47. The maximum atomic E-state index is 12.9. The average Bonchev–Trinajstić information content (AvgIpc) is 2.85. The van der Waals surface area contributed by atoms with E-state index in [0.717, 1.165) is 24.8 Å². The van der Waals surface area contributed by atoms with Gasteiger partial charge in [0.2, 0.25) is 0 Å². The van der Waals surface area contributed by atoms with Crippen LogP contribution in [-0.2, 0) is 19.1 Å². The Morgan fingerprint density at radius 1 is 1.17 bits per heavy atom. The number of Topliss-reactive ketones (excluding diaryl/α,β-unsaturated/α-hetero) is 1. The molecule has 0 amide bonds. The molecular formula is C25H32O4. The second-order valence-electron chi connectivity index (χ2n) is 10.2. The highest BCUT2D eigenvalue weighted by molar-refractivity contribution is 5.93. The number of esters is 1. The summed E-state index contributed by atoms with van der Waals surface area (Å²) in [5.74, 6) is 0.595. The first-order valence-corrected chi connectivity index (χ1v) is 10.8. The van der Waals surface area contributed by atoms with Gasteiger partial charge in [0, 0.05) is 18.8 Å². The molecule has 4 rings (SSSR count). The van der Waals surface area contributed by atoms with Crippen molar-refractivity contribution in [2.24, 2.45) is 28.6 Å². The van der Waals surface area contributed by atoms with Crippen LogP contribution in [0.25, 0.3) is 0 Å². The fourth-order valence-corrected chi connectivity index (χ4v) is 7.50. The molecule has 4 aliphatic rings. The fourth-order valence-electron chi connectivity index (χ4n) is 7.50. The predicted octanol–water partition coefficient (Wildman–Crippen LogP) is 4.74. The lowest BCUT2D eigenvalue weighted by Crippen LogP contribution is -2.58. The Labute approximate surface area is 173 Å². The average molecular weight is 397 g/mol. The first kappa shape index (κ1) is 20.3. The zero-order chi connectivity index (χ0) is 21.4. The first-order chi connectivity index (χ1) is 13.5. The van der Waals surface area contributed by atoms with Crippen molar-refractivity contribution in [1.29, 1.82) is 0 Å². The van der Waals surface area contributed by atoms with Gasteiger partial charge in [-0.25, -0.2) is 0 Å². The van der Waals surface area contributed by atoms with Gasteiger partial charge in [-0.2, -0.15) is 0 Å². The maximum absolute atomic E-state index is 12.9. The summed E-state index contributed by atoms with van der Waals surface area (Å²) in [7, 11) is 0. The van der Waals surface area contributed by atoms with E-state index in [0.29, 0.717) is 18.8 Å². The summed E-state index contributed by atoms with van der Waals surface area (Å²) in [6.45, 7) is 13.7. The van der Waals surface area contributed by atoms with Gasteiger partial charge in [-0.3, -0.25) is 14.4 Å². The molecule has 4 nitrogen and oxygen atoms in total. The molecule has 29 heavy (non-hydrogen) atoms. The lowest BCUT2D eigenvalue weighted by Gasteiger charge is -2.57. The SMILES string of the molecule is C=C1C[C@H]2[C@H]3C=C(C)C4=CC(=O)CC[C@]4(C)[C@@H]3CC[C@]2(C)[C@@]1(OC(C)=O)C(C)=O. The van der Waals surface area contributed by atoms with Crippen LogP contribution in [0.3, 0.4) is 0 Å². The van der Waals surface area contributed by atoms with Crippen LogP contribution in [0.4, 0.5) is 0 Å². The number of carbonyl (C=O) groups is 3. The number of hydrogen-bond donors (Lipinski definition) is 0. The van der Waals surface area contributed by atoms with Gasteiger partial charge in [-0.15, -0.1) is 0 Å². The lowest BCUT2D eigenvalue weighted by atomic mass is 9.47. The monoisotopic (exact) mass is 396 g/mol. The smallest absolute Gasteiger partial charge is 0.303 e. The third-order valence-electron chi connectivity index (χ3n) is 8.78. The topological polar surface area (TPSA) is 60.4 Å². The molecule has 0 aromatic rings. The molecule has 0 N–H and O–H groups in total. The van der Waals surface area contributed by atoms with Crippen molar-refractivity contribution in [3.05, 3.63) is 35.5 Å². The number of carbonyl (C=O) groups excluding carboxylic acids is 3. The minimum atomic E-state index is -1.23. The van der Waals surface area contributed by atoms with Gasteiger partial charge in [0.15, 0.2) is 17.2 Å². The molecule has 0 radical (unpaired) electrons. The van der Waals surface area contributed by atoms with Crippen LogP contribution in [-0.4, -0.2) is 23.1 Å². The summed E-state index contributed by atoms with van der Waals surface area (Å²) in [5.41, 5.74) is 1.43. The molecule has 4 aliphatic carbocycles. The lowest BCUT2D eigenvalue weighted by molar-refractivity contribution is -0.179. The number of hydrogen-bond acceptors (Lipinski definition) is 4. The van der Waals surface area contributed by atoms with E-state index >= 15 is 0 Å². The minimum absolute atomic E-state index is 0.0109.